The minimum absolute atomic E-state index is 0.262. The molecule has 2 rings (SSSR count). The fraction of sp³-hybridized carbons (Fsp3) is 0.235. The summed E-state index contributed by atoms with van der Waals surface area (Å²) in [5, 5.41) is 18.8. The van der Waals surface area contributed by atoms with Gasteiger partial charge in [0.1, 0.15) is 0 Å². The largest absolute Gasteiger partial charge is 0.481 e. The SMILES string of the molecule is CC(O)(CC(=O)O)Cc1ccc(-c2ccc(Br)cc2)cc1. The smallest absolute Gasteiger partial charge is 0.306 e. The van der Waals surface area contributed by atoms with Crippen LogP contribution in [-0.2, 0) is 11.2 Å². The van der Waals surface area contributed by atoms with Crippen molar-refractivity contribution in [2.75, 3.05) is 0 Å². The first-order valence-corrected chi connectivity index (χ1v) is 7.44. The second-order valence-electron chi connectivity index (χ2n) is 5.45. The molecule has 110 valence electrons. The van der Waals surface area contributed by atoms with Gasteiger partial charge in [0, 0.05) is 10.9 Å². The second kappa shape index (κ2) is 6.41. The van der Waals surface area contributed by atoms with Gasteiger partial charge in [-0.05, 0) is 35.7 Å². The number of carbonyl (C=O) groups is 1. The zero-order valence-electron chi connectivity index (χ0n) is 11.7. The Balaban J connectivity index is 2.12. The number of hydrogen-bond acceptors (Lipinski definition) is 2. The third-order valence-corrected chi connectivity index (χ3v) is 3.78. The summed E-state index contributed by atoms with van der Waals surface area (Å²) < 4.78 is 1.03. The van der Waals surface area contributed by atoms with E-state index in [9.17, 15) is 9.90 Å². The van der Waals surface area contributed by atoms with Crippen molar-refractivity contribution in [3.8, 4) is 11.1 Å². The van der Waals surface area contributed by atoms with Crippen LogP contribution in [0.2, 0.25) is 0 Å². The van der Waals surface area contributed by atoms with E-state index in [0.717, 1.165) is 21.2 Å². The Morgan fingerprint density at radius 2 is 1.52 bits per heavy atom. The molecule has 3 nitrogen and oxygen atoms in total. The summed E-state index contributed by atoms with van der Waals surface area (Å²) in [4.78, 5) is 10.7. The summed E-state index contributed by atoms with van der Waals surface area (Å²) >= 11 is 3.41. The lowest BCUT2D eigenvalue weighted by Crippen LogP contribution is -2.30. The van der Waals surface area contributed by atoms with Crippen LogP contribution in [0.4, 0.5) is 0 Å². The molecular weight excluding hydrogens is 332 g/mol. The normalized spacial score (nSPS) is 13.7. The summed E-state index contributed by atoms with van der Waals surface area (Å²) in [6.45, 7) is 1.55. The average molecular weight is 349 g/mol. The first-order valence-electron chi connectivity index (χ1n) is 6.65. The lowest BCUT2D eigenvalue weighted by Gasteiger charge is -2.21. The van der Waals surface area contributed by atoms with Gasteiger partial charge < -0.3 is 10.2 Å². The molecule has 0 amide bonds. The number of carboxylic acid groups (broad SMARTS) is 1. The zero-order chi connectivity index (χ0) is 15.5. The Kier molecular flexibility index (Phi) is 4.80. The van der Waals surface area contributed by atoms with E-state index in [1.54, 1.807) is 6.92 Å². The first kappa shape index (κ1) is 15.7. The molecule has 0 radical (unpaired) electrons. The molecule has 0 aliphatic heterocycles. The molecule has 0 bridgehead atoms. The van der Waals surface area contributed by atoms with Gasteiger partial charge in [-0.1, -0.05) is 52.3 Å². The van der Waals surface area contributed by atoms with Gasteiger partial charge in [0.15, 0.2) is 0 Å². The van der Waals surface area contributed by atoms with Gasteiger partial charge >= 0.3 is 5.97 Å². The Morgan fingerprint density at radius 3 is 2.00 bits per heavy atom. The van der Waals surface area contributed by atoms with Gasteiger partial charge in [0.25, 0.3) is 0 Å². The van der Waals surface area contributed by atoms with E-state index in [2.05, 4.69) is 15.9 Å². The van der Waals surface area contributed by atoms with E-state index in [1.165, 1.54) is 0 Å². The van der Waals surface area contributed by atoms with E-state index in [-0.39, 0.29) is 6.42 Å². The molecule has 0 saturated heterocycles. The fourth-order valence-electron chi connectivity index (χ4n) is 2.29. The maximum absolute atomic E-state index is 10.7. The van der Waals surface area contributed by atoms with E-state index >= 15 is 0 Å². The van der Waals surface area contributed by atoms with Gasteiger partial charge in [-0.2, -0.15) is 0 Å². The highest BCUT2D eigenvalue weighted by Gasteiger charge is 2.24. The Hall–Kier alpha value is -1.65. The summed E-state index contributed by atoms with van der Waals surface area (Å²) in [5.41, 5.74) is 1.89. The minimum Gasteiger partial charge on any atom is -0.481 e. The molecule has 21 heavy (non-hydrogen) atoms. The number of aliphatic hydroxyl groups is 1. The lowest BCUT2D eigenvalue weighted by molar-refractivity contribution is -0.141. The molecule has 0 aliphatic rings. The molecule has 1 unspecified atom stereocenters. The third kappa shape index (κ3) is 4.69. The first-order chi connectivity index (χ1) is 9.85. The molecule has 0 fully saturated rings. The Bertz CT molecular complexity index is 615. The number of hydrogen-bond donors (Lipinski definition) is 2. The van der Waals surface area contributed by atoms with E-state index < -0.39 is 11.6 Å². The maximum Gasteiger partial charge on any atom is 0.306 e. The standard InChI is InChI=1S/C17H17BrO3/c1-17(21,11-16(19)20)10-12-2-4-13(5-3-12)14-6-8-15(18)9-7-14/h2-9,21H,10-11H2,1H3,(H,19,20). The average Bonchev–Trinajstić information content (AvgIpc) is 2.38. The monoisotopic (exact) mass is 348 g/mol. The molecule has 0 saturated carbocycles. The fourth-order valence-corrected chi connectivity index (χ4v) is 2.55. The molecule has 4 heteroatoms. The van der Waals surface area contributed by atoms with Crippen molar-refractivity contribution >= 4 is 21.9 Å². The van der Waals surface area contributed by atoms with Crippen LogP contribution >= 0.6 is 15.9 Å². The number of rotatable bonds is 5. The highest BCUT2D eigenvalue weighted by atomic mass is 79.9. The van der Waals surface area contributed by atoms with Gasteiger partial charge in [-0.15, -0.1) is 0 Å². The zero-order valence-corrected chi connectivity index (χ0v) is 13.3. The van der Waals surface area contributed by atoms with Crippen LogP contribution in [0.5, 0.6) is 0 Å². The van der Waals surface area contributed by atoms with Crippen molar-refractivity contribution in [1.82, 2.24) is 0 Å². The van der Waals surface area contributed by atoms with Crippen LogP contribution in [0.15, 0.2) is 53.0 Å². The Morgan fingerprint density at radius 1 is 1.05 bits per heavy atom. The summed E-state index contributed by atoms with van der Waals surface area (Å²) in [6.07, 6.45) is 0.0569. The van der Waals surface area contributed by atoms with Gasteiger partial charge in [-0.25, -0.2) is 0 Å². The molecule has 2 aromatic carbocycles. The van der Waals surface area contributed by atoms with Gasteiger partial charge in [0.05, 0.1) is 12.0 Å². The summed E-state index contributed by atoms with van der Waals surface area (Å²) in [7, 11) is 0. The van der Waals surface area contributed by atoms with E-state index in [0.29, 0.717) is 6.42 Å². The van der Waals surface area contributed by atoms with Crippen molar-refractivity contribution < 1.29 is 15.0 Å². The van der Waals surface area contributed by atoms with Crippen LogP contribution < -0.4 is 0 Å². The molecule has 0 aliphatic carbocycles. The van der Waals surface area contributed by atoms with Crippen LogP contribution in [0.3, 0.4) is 0 Å². The third-order valence-electron chi connectivity index (χ3n) is 3.25. The van der Waals surface area contributed by atoms with Gasteiger partial charge in [0.2, 0.25) is 0 Å². The van der Waals surface area contributed by atoms with Crippen molar-refractivity contribution in [2.24, 2.45) is 0 Å². The quantitative estimate of drug-likeness (QED) is 0.861. The lowest BCUT2D eigenvalue weighted by atomic mass is 9.92. The van der Waals surface area contributed by atoms with Crippen molar-refractivity contribution in [3.63, 3.8) is 0 Å². The van der Waals surface area contributed by atoms with Crippen LogP contribution in [0.25, 0.3) is 11.1 Å². The predicted octanol–water partition coefficient (Wildman–Crippen LogP) is 3.88. The molecular formula is C17H17BrO3. The van der Waals surface area contributed by atoms with Crippen molar-refractivity contribution in [1.29, 1.82) is 0 Å². The molecule has 0 heterocycles. The summed E-state index contributed by atoms with van der Waals surface area (Å²) in [6, 6.07) is 15.8. The van der Waals surface area contributed by atoms with Crippen LogP contribution in [-0.4, -0.2) is 21.8 Å². The van der Waals surface area contributed by atoms with Crippen molar-refractivity contribution in [2.45, 2.75) is 25.4 Å². The molecule has 0 spiro atoms. The Labute approximate surface area is 132 Å². The number of benzene rings is 2. The van der Waals surface area contributed by atoms with Crippen LogP contribution in [0, 0.1) is 0 Å². The highest BCUT2D eigenvalue weighted by Crippen LogP contribution is 2.24. The molecule has 2 N–H and O–H groups in total. The van der Waals surface area contributed by atoms with E-state index in [4.69, 9.17) is 5.11 Å². The topological polar surface area (TPSA) is 57.5 Å². The molecule has 2 aromatic rings. The minimum atomic E-state index is -1.23. The predicted molar refractivity (Wildman–Crippen MR) is 86.2 cm³/mol. The van der Waals surface area contributed by atoms with E-state index in [1.807, 2.05) is 48.5 Å². The number of halogens is 1. The van der Waals surface area contributed by atoms with Crippen LogP contribution in [0.1, 0.15) is 18.9 Å². The van der Waals surface area contributed by atoms with Gasteiger partial charge in [-0.3, -0.25) is 4.79 Å². The van der Waals surface area contributed by atoms with Crippen molar-refractivity contribution in [3.05, 3.63) is 58.6 Å². The molecule has 0 aromatic heterocycles. The number of carboxylic acids is 1. The maximum atomic E-state index is 10.7. The summed E-state index contributed by atoms with van der Waals surface area (Å²) in [5.74, 6) is -0.994. The second-order valence-corrected chi connectivity index (χ2v) is 6.36. The number of aliphatic carboxylic acids is 1. The molecule has 1 atom stereocenters. The highest BCUT2D eigenvalue weighted by molar-refractivity contribution is 9.10.